The van der Waals surface area contributed by atoms with E-state index < -0.39 is 10.1 Å². The summed E-state index contributed by atoms with van der Waals surface area (Å²) in [6.07, 6.45) is 0.920. The van der Waals surface area contributed by atoms with E-state index in [2.05, 4.69) is 4.90 Å². The lowest BCUT2D eigenvalue weighted by molar-refractivity contribution is 0.0358. The standard InChI is InChI=1S/C17H21NO5S/c19-24(20,21)17-5-3-14-2-4-16(12-15(14)13-17)23-9-1-6-18-7-10-22-11-8-18/h2-5,12-13H,1,6-11H2,(H,19,20,21). The molecule has 1 aliphatic heterocycles. The van der Waals surface area contributed by atoms with E-state index >= 15 is 0 Å². The van der Waals surface area contributed by atoms with Gasteiger partial charge in [-0.25, -0.2) is 0 Å². The molecule has 0 saturated carbocycles. The summed E-state index contributed by atoms with van der Waals surface area (Å²) in [5.41, 5.74) is 0. The van der Waals surface area contributed by atoms with Crippen LogP contribution in [0.3, 0.4) is 0 Å². The fourth-order valence-corrected chi connectivity index (χ4v) is 3.27. The molecule has 0 aromatic heterocycles. The second-order valence-corrected chi connectivity index (χ2v) is 7.22. The van der Waals surface area contributed by atoms with Crippen molar-refractivity contribution >= 4 is 20.9 Å². The predicted octanol–water partition coefficient (Wildman–Crippen LogP) is 2.19. The minimum Gasteiger partial charge on any atom is -0.494 e. The Morgan fingerprint density at radius 3 is 2.58 bits per heavy atom. The molecule has 0 aliphatic carbocycles. The van der Waals surface area contributed by atoms with Crippen LogP contribution in [0, 0.1) is 0 Å². The highest BCUT2D eigenvalue weighted by molar-refractivity contribution is 7.85. The highest BCUT2D eigenvalue weighted by Crippen LogP contribution is 2.24. The first-order valence-electron chi connectivity index (χ1n) is 7.96. The Labute approximate surface area is 141 Å². The molecule has 0 unspecified atom stereocenters. The Hall–Kier alpha value is -1.67. The average Bonchev–Trinajstić information content (AvgIpc) is 2.58. The van der Waals surface area contributed by atoms with Gasteiger partial charge in [-0.3, -0.25) is 9.45 Å². The molecule has 0 bridgehead atoms. The third-order valence-electron chi connectivity index (χ3n) is 4.07. The number of morpholine rings is 1. The molecule has 2 aromatic carbocycles. The lowest BCUT2D eigenvalue weighted by atomic mass is 10.1. The van der Waals surface area contributed by atoms with Crippen molar-refractivity contribution in [3.63, 3.8) is 0 Å². The maximum absolute atomic E-state index is 11.2. The second-order valence-electron chi connectivity index (χ2n) is 5.80. The molecule has 0 radical (unpaired) electrons. The van der Waals surface area contributed by atoms with Gasteiger partial charge in [-0.05, 0) is 41.5 Å². The zero-order valence-corrected chi connectivity index (χ0v) is 14.2. The van der Waals surface area contributed by atoms with Crippen molar-refractivity contribution in [3.05, 3.63) is 36.4 Å². The Balaban J connectivity index is 1.60. The molecular formula is C17H21NO5S. The van der Waals surface area contributed by atoms with Crippen molar-refractivity contribution in [2.45, 2.75) is 11.3 Å². The van der Waals surface area contributed by atoms with Crippen LogP contribution in [0.4, 0.5) is 0 Å². The van der Waals surface area contributed by atoms with Gasteiger partial charge >= 0.3 is 0 Å². The maximum Gasteiger partial charge on any atom is 0.294 e. The normalized spacial score (nSPS) is 16.4. The van der Waals surface area contributed by atoms with Crippen LogP contribution in [-0.2, 0) is 14.9 Å². The molecule has 24 heavy (non-hydrogen) atoms. The van der Waals surface area contributed by atoms with Crippen molar-refractivity contribution in [1.82, 2.24) is 4.90 Å². The predicted molar refractivity (Wildman–Crippen MR) is 91.1 cm³/mol. The van der Waals surface area contributed by atoms with Crippen LogP contribution in [0.2, 0.25) is 0 Å². The molecule has 1 heterocycles. The number of benzene rings is 2. The molecule has 0 atom stereocenters. The van der Waals surface area contributed by atoms with Crippen molar-refractivity contribution in [2.75, 3.05) is 39.5 Å². The minimum atomic E-state index is -4.20. The lowest BCUT2D eigenvalue weighted by Gasteiger charge is -2.26. The highest BCUT2D eigenvalue weighted by Gasteiger charge is 2.11. The monoisotopic (exact) mass is 351 g/mol. The molecule has 1 fully saturated rings. The molecular weight excluding hydrogens is 330 g/mol. The van der Waals surface area contributed by atoms with Crippen molar-refractivity contribution in [2.24, 2.45) is 0 Å². The Bertz CT molecular complexity index is 800. The summed E-state index contributed by atoms with van der Waals surface area (Å²) in [7, 11) is -4.20. The van der Waals surface area contributed by atoms with E-state index in [0.717, 1.165) is 50.0 Å². The zero-order chi connectivity index (χ0) is 17.0. The van der Waals surface area contributed by atoms with Gasteiger partial charge in [0.15, 0.2) is 0 Å². The summed E-state index contributed by atoms with van der Waals surface area (Å²) in [6.45, 7) is 5.09. The van der Waals surface area contributed by atoms with Crippen LogP contribution in [0.15, 0.2) is 41.3 Å². The quantitative estimate of drug-likeness (QED) is 0.635. The zero-order valence-electron chi connectivity index (χ0n) is 13.3. The summed E-state index contributed by atoms with van der Waals surface area (Å²) in [4.78, 5) is 2.24. The van der Waals surface area contributed by atoms with Crippen LogP contribution >= 0.6 is 0 Å². The summed E-state index contributed by atoms with van der Waals surface area (Å²) in [5.74, 6) is 0.692. The second kappa shape index (κ2) is 7.48. The number of ether oxygens (including phenoxy) is 2. The van der Waals surface area contributed by atoms with E-state index in [1.54, 1.807) is 12.1 Å². The molecule has 1 aliphatic rings. The van der Waals surface area contributed by atoms with Crippen LogP contribution in [0.5, 0.6) is 5.75 Å². The number of hydrogen-bond acceptors (Lipinski definition) is 5. The van der Waals surface area contributed by atoms with Crippen LogP contribution in [0.1, 0.15) is 6.42 Å². The first kappa shape index (κ1) is 17.2. The maximum atomic E-state index is 11.2. The van der Waals surface area contributed by atoms with Gasteiger partial charge in [0.05, 0.1) is 24.7 Å². The number of rotatable bonds is 6. The van der Waals surface area contributed by atoms with Gasteiger partial charge in [0.1, 0.15) is 5.75 Å². The van der Waals surface area contributed by atoms with Gasteiger partial charge in [-0.15, -0.1) is 0 Å². The van der Waals surface area contributed by atoms with E-state index in [1.807, 2.05) is 12.1 Å². The van der Waals surface area contributed by atoms with Crippen LogP contribution < -0.4 is 4.74 Å². The molecule has 6 nitrogen and oxygen atoms in total. The van der Waals surface area contributed by atoms with Crippen molar-refractivity contribution in [3.8, 4) is 5.75 Å². The molecule has 7 heteroatoms. The Morgan fingerprint density at radius 2 is 1.83 bits per heavy atom. The van der Waals surface area contributed by atoms with E-state index in [1.165, 1.54) is 12.1 Å². The van der Waals surface area contributed by atoms with E-state index in [-0.39, 0.29) is 4.90 Å². The first-order valence-corrected chi connectivity index (χ1v) is 9.40. The number of nitrogens with zero attached hydrogens (tertiary/aromatic N) is 1. The van der Waals surface area contributed by atoms with Gasteiger partial charge in [0, 0.05) is 19.6 Å². The molecule has 1 N–H and O–H groups in total. The highest BCUT2D eigenvalue weighted by atomic mass is 32.2. The van der Waals surface area contributed by atoms with Gasteiger partial charge < -0.3 is 9.47 Å². The lowest BCUT2D eigenvalue weighted by Crippen LogP contribution is -2.37. The van der Waals surface area contributed by atoms with Crippen LogP contribution in [0.25, 0.3) is 10.8 Å². The Kier molecular flexibility index (Phi) is 5.35. The molecule has 0 amide bonds. The fraction of sp³-hybridized carbons (Fsp3) is 0.412. The molecule has 130 valence electrons. The fourth-order valence-electron chi connectivity index (χ4n) is 2.76. The van der Waals surface area contributed by atoms with Gasteiger partial charge in [0.2, 0.25) is 0 Å². The topological polar surface area (TPSA) is 76.1 Å². The van der Waals surface area contributed by atoms with Crippen molar-refractivity contribution < 1.29 is 22.4 Å². The number of fused-ring (bicyclic) bond motifs is 1. The molecule has 2 aromatic rings. The smallest absolute Gasteiger partial charge is 0.294 e. The van der Waals surface area contributed by atoms with E-state index in [9.17, 15) is 8.42 Å². The summed E-state index contributed by atoms with van der Waals surface area (Å²) < 4.78 is 42.7. The minimum absolute atomic E-state index is 0.112. The Morgan fingerprint density at radius 1 is 1.08 bits per heavy atom. The largest absolute Gasteiger partial charge is 0.494 e. The van der Waals surface area contributed by atoms with Crippen LogP contribution in [-0.4, -0.2) is 57.3 Å². The summed E-state index contributed by atoms with van der Waals surface area (Å²) >= 11 is 0. The van der Waals surface area contributed by atoms with Gasteiger partial charge in [-0.1, -0.05) is 12.1 Å². The van der Waals surface area contributed by atoms with E-state index in [0.29, 0.717) is 12.4 Å². The third kappa shape index (κ3) is 4.45. The third-order valence-corrected chi connectivity index (χ3v) is 4.92. The summed E-state index contributed by atoms with van der Waals surface area (Å²) in [6, 6.07) is 10.0. The average molecular weight is 351 g/mol. The van der Waals surface area contributed by atoms with E-state index in [4.69, 9.17) is 14.0 Å². The van der Waals surface area contributed by atoms with Gasteiger partial charge in [0.25, 0.3) is 10.1 Å². The molecule has 0 spiro atoms. The first-order chi connectivity index (χ1) is 11.5. The molecule has 1 saturated heterocycles. The number of hydrogen-bond donors (Lipinski definition) is 1. The van der Waals surface area contributed by atoms with Gasteiger partial charge in [-0.2, -0.15) is 8.42 Å². The SMILES string of the molecule is O=S(=O)(O)c1ccc2ccc(OCCCN3CCOCC3)cc2c1. The molecule has 3 rings (SSSR count). The summed E-state index contributed by atoms with van der Waals surface area (Å²) in [5, 5.41) is 1.61. The van der Waals surface area contributed by atoms with Crippen molar-refractivity contribution in [1.29, 1.82) is 0 Å².